The van der Waals surface area contributed by atoms with Crippen LogP contribution in [-0.4, -0.2) is 30.0 Å². The number of rotatable bonds is 6. The Balaban J connectivity index is 1.61. The highest BCUT2D eigenvalue weighted by Crippen LogP contribution is 2.58. The summed E-state index contributed by atoms with van der Waals surface area (Å²) in [4.78, 5) is -1.35. The van der Waals surface area contributed by atoms with Gasteiger partial charge in [0.1, 0.15) is 22.2 Å². The molecule has 1 aliphatic heterocycles. The Bertz CT molecular complexity index is 1630. The standard InChI is InChI=1S/C26H22ClF4NO5S2/c27-16-6-8-17(9-7-16)38(33,34)26-12-2-3-15(13-32-39(35,36)25-21(30)4-1-5-22(25)31)18(26)14-37-24-20(29)11-10-19(28)23(24)26/h1,4-11,15,18,32H,2-3,12-14H2/t15-,18-,26-/m0/s1. The second-order valence-electron chi connectivity index (χ2n) is 9.55. The average molecular weight is 604 g/mol. The van der Waals surface area contributed by atoms with Gasteiger partial charge in [0.25, 0.3) is 0 Å². The lowest BCUT2D eigenvalue weighted by Crippen LogP contribution is -2.55. The van der Waals surface area contributed by atoms with Gasteiger partial charge in [-0.15, -0.1) is 0 Å². The number of benzene rings is 3. The van der Waals surface area contributed by atoms with Gasteiger partial charge < -0.3 is 4.74 Å². The van der Waals surface area contributed by atoms with Crippen molar-refractivity contribution in [3.8, 4) is 5.75 Å². The summed E-state index contributed by atoms with van der Waals surface area (Å²) in [7, 11) is -9.13. The predicted octanol–water partition coefficient (Wildman–Crippen LogP) is 5.35. The first-order valence-electron chi connectivity index (χ1n) is 12.0. The minimum atomic E-state index is -4.69. The fraction of sp³-hybridized carbons (Fsp3) is 0.308. The first-order chi connectivity index (χ1) is 18.4. The summed E-state index contributed by atoms with van der Waals surface area (Å²) in [5.41, 5.74) is -0.457. The first-order valence-corrected chi connectivity index (χ1v) is 15.3. The van der Waals surface area contributed by atoms with E-state index in [0.29, 0.717) is 6.42 Å². The van der Waals surface area contributed by atoms with Crippen molar-refractivity contribution in [2.45, 2.75) is 33.8 Å². The number of sulfonamides is 1. The first kappa shape index (κ1) is 27.9. The smallest absolute Gasteiger partial charge is 0.246 e. The highest BCUT2D eigenvalue weighted by Gasteiger charge is 2.60. The summed E-state index contributed by atoms with van der Waals surface area (Å²) in [5, 5.41) is 0.268. The van der Waals surface area contributed by atoms with Crippen LogP contribution in [0.2, 0.25) is 5.02 Å². The molecule has 2 aliphatic rings. The highest BCUT2D eigenvalue weighted by atomic mass is 35.5. The van der Waals surface area contributed by atoms with Crippen molar-refractivity contribution in [2.75, 3.05) is 13.2 Å². The number of ether oxygens (including phenoxy) is 1. The largest absolute Gasteiger partial charge is 0.490 e. The monoisotopic (exact) mass is 603 g/mol. The van der Waals surface area contributed by atoms with E-state index in [4.69, 9.17) is 16.3 Å². The second kappa shape index (κ2) is 10.1. The zero-order valence-corrected chi connectivity index (χ0v) is 22.5. The number of hydrogen-bond acceptors (Lipinski definition) is 5. The van der Waals surface area contributed by atoms with Crippen LogP contribution in [0.3, 0.4) is 0 Å². The van der Waals surface area contributed by atoms with Crippen molar-refractivity contribution in [2.24, 2.45) is 11.8 Å². The minimum Gasteiger partial charge on any atom is -0.490 e. The number of sulfone groups is 1. The van der Waals surface area contributed by atoms with Crippen LogP contribution in [0.15, 0.2) is 64.4 Å². The van der Waals surface area contributed by atoms with Gasteiger partial charge in [0.05, 0.1) is 17.1 Å². The van der Waals surface area contributed by atoms with Crippen LogP contribution in [0.25, 0.3) is 0 Å². The molecular formula is C26H22ClF4NO5S2. The molecule has 0 amide bonds. The molecule has 3 atom stereocenters. The molecule has 1 aliphatic carbocycles. The zero-order valence-electron chi connectivity index (χ0n) is 20.1. The molecule has 0 bridgehead atoms. The highest BCUT2D eigenvalue weighted by molar-refractivity contribution is 7.92. The van der Waals surface area contributed by atoms with E-state index in [1.807, 2.05) is 0 Å². The van der Waals surface area contributed by atoms with E-state index < -0.39 is 82.5 Å². The van der Waals surface area contributed by atoms with Crippen LogP contribution in [0.4, 0.5) is 17.6 Å². The molecule has 1 saturated carbocycles. The van der Waals surface area contributed by atoms with E-state index in [9.17, 15) is 30.0 Å². The average Bonchev–Trinajstić information content (AvgIpc) is 2.89. The van der Waals surface area contributed by atoms with E-state index in [-0.39, 0.29) is 29.4 Å². The third-order valence-electron chi connectivity index (χ3n) is 7.51. The molecule has 5 rings (SSSR count). The molecule has 39 heavy (non-hydrogen) atoms. The van der Waals surface area contributed by atoms with Crippen molar-refractivity contribution in [3.63, 3.8) is 0 Å². The maximum atomic E-state index is 15.5. The van der Waals surface area contributed by atoms with Gasteiger partial charge in [0, 0.05) is 17.5 Å². The van der Waals surface area contributed by atoms with E-state index in [0.717, 1.165) is 30.3 Å². The van der Waals surface area contributed by atoms with E-state index in [1.165, 1.54) is 24.3 Å². The van der Waals surface area contributed by atoms with Crippen molar-refractivity contribution in [3.05, 3.63) is 88.5 Å². The lowest BCUT2D eigenvalue weighted by Gasteiger charge is -2.50. The fourth-order valence-corrected chi connectivity index (χ4v) is 9.58. The number of halogens is 5. The zero-order chi connectivity index (χ0) is 28.2. The Kier molecular flexibility index (Phi) is 7.19. The second-order valence-corrected chi connectivity index (χ2v) is 13.9. The summed E-state index contributed by atoms with van der Waals surface area (Å²) in [6.07, 6.45) is 0.407. The molecule has 3 aromatic rings. The maximum Gasteiger partial charge on any atom is 0.246 e. The van der Waals surface area contributed by atoms with E-state index >= 15 is 4.39 Å². The van der Waals surface area contributed by atoms with Crippen molar-refractivity contribution >= 4 is 31.5 Å². The minimum absolute atomic E-state index is 0.0927. The third-order valence-corrected chi connectivity index (χ3v) is 11.8. The summed E-state index contributed by atoms with van der Waals surface area (Å²) < 4.78 is 119. The van der Waals surface area contributed by atoms with Crippen LogP contribution in [-0.2, 0) is 24.6 Å². The Morgan fingerprint density at radius 3 is 2.21 bits per heavy atom. The van der Waals surface area contributed by atoms with Crippen LogP contribution in [0.1, 0.15) is 24.8 Å². The molecule has 0 radical (unpaired) electrons. The Morgan fingerprint density at radius 2 is 1.54 bits per heavy atom. The van der Waals surface area contributed by atoms with Crippen LogP contribution >= 0.6 is 11.6 Å². The van der Waals surface area contributed by atoms with Gasteiger partial charge in [-0.05, 0) is 67.3 Å². The Hall–Kier alpha value is -2.67. The topological polar surface area (TPSA) is 89.5 Å². The van der Waals surface area contributed by atoms with Gasteiger partial charge in [-0.3, -0.25) is 0 Å². The fourth-order valence-electron chi connectivity index (χ4n) is 5.78. The Morgan fingerprint density at radius 1 is 0.897 bits per heavy atom. The van der Waals surface area contributed by atoms with Gasteiger partial charge in [-0.1, -0.05) is 24.1 Å². The normalized spacial score (nSPS) is 23.0. The molecule has 0 unspecified atom stereocenters. The molecule has 13 heteroatoms. The lowest BCUT2D eigenvalue weighted by molar-refractivity contribution is 0.0770. The molecule has 208 valence electrons. The molecule has 6 nitrogen and oxygen atoms in total. The van der Waals surface area contributed by atoms with E-state index in [1.54, 1.807) is 0 Å². The summed E-state index contributed by atoms with van der Waals surface area (Å²) in [6.45, 7) is -0.783. The summed E-state index contributed by atoms with van der Waals surface area (Å²) in [6, 6.07) is 9.54. The molecule has 0 aromatic heterocycles. The van der Waals surface area contributed by atoms with Gasteiger partial charge in [-0.25, -0.2) is 39.1 Å². The van der Waals surface area contributed by atoms with Crippen LogP contribution < -0.4 is 9.46 Å². The number of nitrogens with one attached hydrogen (secondary N) is 1. The molecule has 0 spiro atoms. The SMILES string of the molecule is O=S(=O)(NC[C@@H]1CCC[C@@]2(S(=O)(=O)c3ccc(Cl)cc3)c3c(F)ccc(F)c3OC[C@@H]12)c1c(F)cccc1F. The molecule has 1 N–H and O–H groups in total. The van der Waals surface area contributed by atoms with Gasteiger partial charge in [0.2, 0.25) is 10.0 Å². The summed E-state index contributed by atoms with van der Waals surface area (Å²) in [5.74, 6) is -6.84. The number of hydrogen-bond donors (Lipinski definition) is 1. The number of fused-ring (bicyclic) bond motifs is 3. The molecular weight excluding hydrogens is 582 g/mol. The van der Waals surface area contributed by atoms with Gasteiger partial charge >= 0.3 is 0 Å². The molecule has 0 saturated heterocycles. The van der Waals surface area contributed by atoms with Crippen LogP contribution in [0.5, 0.6) is 5.75 Å². The molecule has 1 heterocycles. The van der Waals surface area contributed by atoms with Crippen LogP contribution in [0, 0.1) is 35.1 Å². The maximum absolute atomic E-state index is 15.5. The van der Waals surface area contributed by atoms with Crippen molar-refractivity contribution in [1.82, 2.24) is 4.72 Å². The third kappa shape index (κ3) is 4.51. The van der Waals surface area contributed by atoms with Gasteiger partial charge in [-0.2, -0.15) is 0 Å². The Labute approximate surface area is 227 Å². The quantitative estimate of drug-likeness (QED) is 0.384. The van der Waals surface area contributed by atoms with Crippen molar-refractivity contribution in [1.29, 1.82) is 0 Å². The van der Waals surface area contributed by atoms with Gasteiger partial charge in [0.15, 0.2) is 26.3 Å². The predicted molar refractivity (Wildman–Crippen MR) is 135 cm³/mol. The van der Waals surface area contributed by atoms with E-state index in [2.05, 4.69) is 4.72 Å². The van der Waals surface area contributed by atoms with Crippen molar-refractivity contribution < 1.29 is 39.1 Å². The molecule has 3 aromatic carbocycles. The molecule has 1 fully saturated rings. The summed E-state index contributed by atoms with van der Waals surface area (Å²) >= 11 is 5.95. The lowest BCUT2D eigenvalue weighted by atomic mass is 9.67.